The first-order valence-electron chi connectivity index (χ1n) is 10.8. The number of halogens is 2. The summed E-state index contributed by atoms with van der Waals surface area (Å²) in [5.41, 5.74) is 2.90. The van der Waals surface area contributed by atoms with Crippen molar-refractivity contribution in [1.29, 1.82) is 0 Å². The Kier molecular flexibility index (Phi) is 6.10. The molecule has 1 aliphatic rings. The summed E-state index contributed by atoms with van der Waals surface area (Å²) in [6.07, 6.45) is 3.72. The first-order chi connectivity index (χ1) is 16.5. The minimum Gasteiger partial charge on any atom is -0.347 e. The van der Waals surface area contributed by atoms with Gasteiger partial charge in [-0.05, 0) is 53.5 Å². The van der Waals surface area contributed by atoms with Gasteiger partial charge in [0.25, 0.3) is 11.9 Å². The molecule has 0 aliphatic carbocycles. The molecular weight excluding hydrogens is 453 g/mol. The van der Waals surface area contributed by atoms with Gasteiger partial charge in [-0.2, -0.15) is 4.98 Å². The third-order valence-corrected chi connectivity index (χ3v) is 5.93. The number of carbonyl (C=O) groups is 1. The largest absolute Gasteiger partial charge is 0.347 e. The van der Waals surface area contributed by atoms with Gasteiger partial charge in [0.2, 0.25) is 5.95 Å². The molecule has 6 nitrogen and oxygen atoms in total. The van der Waals surface area contributed by atoms with E-state index < -0.39 is 0 Å². The number of benzene rings is 3. The van der Waals surface area contributed by atoms with Crippen molar-refractivity contribution in [2.75, 3.05) is 10.6 Å². The first-order valence-corrected chi connectivity index (χ1v) is 11.2. The van der Waals surface area contributed by atoms with E-state index in [1.54, 1.807) is 22.9 Å². The normalized spacial score (nSPS) is 17.2. The average Bonchev–Trinajstić information content (AvgIpc) is 3.26. The van der Waals surface area contributed by atoms with Gasteiger partial charge in [0, 0.05) is 11.1 Å². The van der Waals surface area contributed by atoms with Crippen LogP contribution in [0.5, 0.6) is 0 Å². The molecule has 1 aliphatic heterocycles. The van der Waals surface area contributed by atoms with E-state index in [4.69, 9.17) is 11.6 Å². The first kappa shape index (κ1) is 21.9. The Morgan fingerprint density at radius 2 is 1.76 bits per heavy atom. The van der Waals surface area contributed by atoms with E-state index in [2.05, 4.69) is 32.8 Å². The molecule has 170 valence electrons. The van der Waals surface area contributed by atoms with Crippen LogP contribution in [0.25, 0.3) is 6.08 Å². The Balaban J connectivity index is 1.40. The molecule has 1 aromatic heterocycles. The Labute approximate surface area is 201 Å². The highest BCUT2D eigenvalue weighted by Crippen LogP contribution is 2.38. The van der Waals surface area contributed by atoms with Crippen LogP contribution in [0.3, 0.4) is 0 Å². The molecular formula is C26H21ClFN5O. The molecule has 34 heavy (non-hydrogen) atoms. The zero-order valence-electron chi connectivity index (χ0n) is 18.0. The molecule has 2 heterocycles. The topological polar surface area (TPSA) is 71.8 Å². The molecule has 0 unspecified atom stereocenters. The van der Waals surface area contributed by atoms with Crippen LogP contribution in [0.15, 0.2) is 84.9 Å². The second-order valence-electron chi connectivity index (χ2n) is 7.99. The summed E-state index contributed by atoms with van der Waals surface area (Å²) in [5.74, 6) is 0.0580. The summed E-state index contributed by atoms with van der Waals surface area (Å²) < 4.78 is 14.9. The predicted octanol–water partition coefficient (Wildman–Crippen LogP) is 5.87. The molecule has 0 fully saturated rings. The second kappa shape index (κ2) is 9.49. The lowest BCUT2D eigenvalue weighted by molar-refractivity contribution is -0.111. The van der Waals surface area contributed by atoms with Crippen molar-refractivity contribution in [3.63, 3.8) is 0 Å². The Hall–Kier alpha value is -3.97. The molecule has 3 aromatic carbocycles. The molecule has 5 rings (SSSR count). The van der Waals surface area contributed by atoms with Gasteiger partial charge < -0.3 is 5.32 Å². The predicted molar refractivity (Wildman–Crippen MR) is 131 cm³/mol. The number of aromatic nitrogens is 3. The quantitative estimate of drug-likeness (QED) is 0.356. The van der Waals surface area contributed by atoms with E-state index >= 15 is 0 Å². The van der Waals surface area contributed by atoms with Crippen LogP contribution in [-0.2, 0) is 4.79 Å². The number of nitrogens with zero attached hydrogens (tertiary/aromatic N) is 3. The van der Waals surface area contributed by atoms with Crippen molar-refractivity contribution < 1.29 is 9.18 Å². The Morgan fingerprint density at radius 3 is 2.50 bits per heavy atom. The molecule has 4 aromatic rings. The summed E-state index contributed by atoms with van der Waals surface area (Å²) >= 11 is 6.10. The van der Waals surface area contributed by atoms with Crippen molar-refractivity contribution in [1.82, 2.24) is 14.8 Å². The summed E-state index contributed by atoms with van der Waals surface area (Å²) in [6, 6.07) is 23.6. The van der Waals surface area contributed by atoms with Crippen LogP contribution >= 0.6 is 11.6 Å². The molecule has 0 saturated carbocycles. The summed E-state index contributed by atoms with van der Waals surface area (Å²) in [6.45, 7) is 0. The van der Waals surface area contributed by atoms with Crippen molar-refractivity contribution >= 4 is 35.5 Å². The fourth-order valence-corrected chi connectivity index (χ4v) is 4.12. The van der Waals surface area contributed by atoms with Gasteiger partial charge in [-0.1, -0.05) is 66.2 Å². The van der Waals surface area contributed by atoms with Crippen LogP contribution in [0, 0.1) is 5.82 Å². The van der Waals surface area contributed by atoms with Gasteiger partial charge in [-0.15, -0.1) is 5.10 Å². The van der Waals surface area contributed by atoms with Gasteiger partial charge in [-0.3, -0.25) is 10.1 Å². The summed E-state index contributed by atoms with van der Waals surface area (Å²) in [7, 11) is 0. The Morgan fingerprint density at radius 1 is 1.03 bits per heavy atom. The molecule has 2 atom stereocenters. The fraction of sp³-hybridized carbons (Fsp3) is 0.115. The number of carbonyl (C=O) groups excluding carboxylic acids is 1. The van der Waals surface area contributed by atoms with Crippen LogP contribution < -0.4 is 10.6 Å². The number of hydrogen-bond acceptors (Lipinski definition) is 4. The standard InChI is InChI=1S/C26H21ClFN5O/c27-20-11-9-19(10-12-20)23-16-22(18-4-2-1-3-5-18)29-26-31-25(32-33(23)26)30-24(34)15-8-17-6-13-21(28)14-7-17/h1-15,22-23H,16H2,(H2,29,30,31,32,34)/b15-8+/t22-,23-/m1/s1. The van der Waals surface area contributed by atoms with Crippen molar-refractivity contribution in [3.8, 4) is 0 Å². The van der Waals surface area contributed by atoms with Gasteiger partial charge in [0.05, 0.1) is 12.1 Å². The van der Waals surface area contributed by atoms with Crippen molar-refractivity contribution in [2.45, 2.75) is 18.5 Å². The smallest absolute Gasteiger partial charge is 0.250 e. The van der Waals surface area contributed by atoms with E-state index in [1.165, 1.54) is 18.2 Å². The molecule has 0 spiro atoms. The maximum atomic E-state index is 13.1. The lowest BCUT2D eigenvalue weighted by Crippen LogP contribution is -2.28. The fourth-order valence-electron chi connectivity index (χ4n) is 3.99. The highest BCUT2D eigenvalue weighted by atomic mass is 35.5. The SMILES string of the molecule is O=C(/C=C/c1ccc(F)cc1)Nc1nc2n(n1)[C@@H](c1ccc(Cl)cc1)C[C@H](c1ccccc1)N2. The number of fused-ring (bicyclic) bond motifs is 1. The van der Waals surface area contributed by atoms with Crippen LogP contribution in [-0.4, -0.2) is 20.7 Å². The number of nitrogens with one attached hydrogen (secondary N) is 2. The van der Waals surface area contributed by atoms with E-state index in [0.29, 0.717) is 16.5 Å². The van der Waals surface area contributed by atoms with Crippen molar-refractivity contribution in [2.24, 2.45) is 0 Å². The maximum Gasteiger partial charge on any atom is 0.250 e. The molecule has 0 radical (unpaired) electrons. The third kappa shape index (κ3) is 4.84. The molecule has 1 amide bonds. The third-order valence-electron chi connectivity index (χ3n) is 5.68. The van der Waals surface area contributed by atoms with E-state index in [-0.39, 0.29) is 29.8 Å². The average molecular weight is 474 g/mol. The van der Waals surface area contributed by atoms with E-state index in [0.717, 1.165) is 17.5 Å². The summed E-state index contributed by atoms with van der Waals surface area (Å²) in [4.78, 5) is 17.0. The van der Waals surface area contributed by atoms with Crippen LogP contribution in [0.1, 0.15) is 35.2 Å². The van der Waals surface area contributed by atoms with Gasteiger partial charge in [-0.25, -0.2) is 9.07 Å². The molecule has 0 saturated heterocycles. The monoisotopic (exact) mass is 473 g/mol. The molecule has 0 bridgehead atoms. The number of rotatable bonds is 5. The second-order valence-corrected chi connectivity index (χ2v) is 8.42. The molecule has 8 heteroatoms. The van der Waals surface area contributed by atoms with Crippen molar-refractivity contribution in [3.05, 3.63) is 112 Å². The van der Waals surface area contributed by atoms with E-state index in [9.17, 15) is 9.18 Å². The number of amides is 1. The molecule has 2 N–H and O–H groups in total. The zero-order chi connectivity index (χ0) is 23.5. The zero-order valence-corrected chi connectivity index (χ0v) is 18.8. The maximum absolute atomic E-state index is 13.1. The van der Waals surface area contributed by atoms with Crippen LogP contribution in [0.4, 0.5) is 16.3 Å². The Bertz CT molecular complexity index is 1320. The minimum absolute atomic E-state index is 0.0282. The number of anilines is 2. The minimum atomic E-state index is -0.380. The van der Waals surface area contributed by atoms with Gasteiger partial charge in [0.15, 0.2) is 0 Å². The highest BCUT2D eigenvalue weighted by Gasteiger charge is 2.31. The number of hydrogen-bond donors (Lipinski definition) is 2. The van der Waals surface area contributed by atoms with E-state index in [1.807, 2.05) is 42.5 Å². The van der Waals surface area contributed by atoms with Gasteiger partial charge >= 0.3 is 0 Å². The lowest BCUT2D eigenvalue weighted by atomic mass is 9.93. The summed E-state index contributed by atoms with van der Waals surface area (Å²) in [5, 5.41) is 11.4. The lowest BCUT2D eigenvalue weighted by Gasteiger charge is -2.31. The highest BCUT2D eigenvalue weighted by molar-refractivity contribution is 6.30. The van der Waals surface area contributed by atoms with Crippen LogP contribution in [0.2, 0.25) is 5.02 Å². The van der Waals surface area contributed by atoms with Gasteiger partial charge in [0.1, 0.15) is 5.82 Å².